The van der Waals surface area contributed by atoms with E-state index < -0.39 is 83.4 Å². The Morgan fingerprint density at radius 2 is 1.73 bits per heavy atom. The summed E-state index contributed by atoms with van der Waals surface area (Å²) in [6, 6.07) is 0.621. The molecule has 2 aromatic heterocycles. The summed E-state index contributed by atoms with van der Waals surface area (Å²) >= 11 is 6.36. The van der Waals surface area contributed by atoms with Crippen LogP contribution in [0.5, 0.6) is 0 Å². The van der Waals surface area contributed by atoms with E-state index in [9.17, 15) is 24.3 Å². The molecule has 15 nitrogen and oxygen atoms in total. The number of carbonyl (C=O) groups is 4. The number of esters is 1. The van der Waals surface area contributed by atoms with E-state index in [-0.39, 0.29) is 37.3 Å². The highest BCUT2D eigenvalue weighted by atomic mass is 35.5. The summed E-state index contributed by atoms with van der Waals surface area (Å²) in [6.07, 6.45) is 4.02. The number of aliphatic hydroxyl groups excluding tert-OH is 1. The topological polar surface area (TPSA) is 172 Å². The van der Waals surface area contributed by atoms with E-state index in [0.717, 1.165) is 5.56 Å². The number of aliphatic hydroxyl groups is 1. The number of hydrogen-bond acceptors (Lipinski definition) is 13. The van der Waals surface area contributed by atoms with Gasteiger partial charge in [-0.2, -0.15) is 0 Å². The number of nitrogens with zero attached hydrogens (tertiary/aromatic N) is 5. The van der Waals surface area contributed by atoms with E-state index in [1.165, 1.54) is 14.0 Å². The zero-order chi connectivity index (χ0) is 43.6. The summed E-state index contributed by atoms with van der Waals surface area (Å²) in [5.74, 6) is -5.02. The maximum absolute atomic E-state index is 14.7. The van der Waals surface area contributed by atoms with Crippen LogP contribution in [0, 0.1) is 23.7 Å². The van der Waals surface area contributed by atoms with Gasteiger partial charge in [0.25, 0.3) is 0 Å². The summed E-state index contributed by atoms with van der Waals surface area (Å²) in [5.41, 5.74) is -1.27. The van der Waals surface area contributed by atoms with Gasteiger partial charge in [0, 0.05) is 68.1 Å². The lowest BCUT2D eigenvalue weighted by molar-refractivity contribution is -0.295. The number of likely N-dealkylation sites (N-methyl/N-ethyl adjacent to an activating group) is 1. The van der Waals surface area contributed by atoms with Crippen LogP contribution >= 0.6 is 11.6 Å². The first-order chi connectivity index (χ1) is 27.8. The molecule has 0 radical (unpaired) electrons. The molecular formula is C43H64ClN5O10. The largest absolute Gasteiger partial charge is 0.458 e. The first kappa shape index (κ1) is 46.6. The molecule has 3 aliphatic rings. The number of rotatable bonds is 11. The van der Waals surface area contributed by atoms with Crippen molar-refractivity contribution in [1.82, 2.24) is 24.3 Å². The fraction of sp³-hybridized carbons (Fsp3) is 0.721. The molecular weight excluding hydrogens is 782 g/mol. The number of aryl methyl sites for hydroxylation is 1. The Hall–Kier alpha value is -3.47. The van der Waals surface area contributed by atoms with Gasteiger partial charge in [0.2, 0.25) is 0 Å². The van der Waals surface area contributed by atoms with Crippen molar-refractivity contribution in [3.05, 3.63) is 36.0 Å². The average molecular weight is 846 g/mol. The highest BCUT2D eigenvalue weighted by molar-refractivity contribution is 6.33. The highest BCUT2D eigenvalue weighted by Crippen LogP contribution is 2.43. The molecule has 1 amide bonds. The number of hydrogen-bond donors (Lipinski definition) is 1. The fourth-order valence-electron chi connectivity index (χ4n) is 9.47. The van der Waals surface area contributed by atoms with Crippen molar-refractivity contribution in [3.63, 3.8) is 0 Å². The van der Waals surface area contributed by atoms with Gasteiger partial charge in [-0.05, 0) is 80.0 Å². The minimum absolute atomic E-state index is 0.121. The number of aromatic nitrogens is 3. The molecule has 0 aromatic carbocycles. The molecule has 328 valence electrons. The van der Waals surface area contributed by atoms with Gasteiger partial charge in [-0.15, -0.1) is 0 Å². The number of carbonyl (C=O) groups excluding carboxylic acids is 4. The minimum Gasteiger partial charge on any atom is -0.458 e. The quantitative estimate of drug-likeness (QED) is 0.169. The molecule has 13 atom stereocenters. The maximum atomic E-state index is 14.7. The lowest BCUT2D eigenvalue weighted by Crippen LogP contribution is -2.60. The standard InChI is InChI=1S/C43H64ClN5O10/c1-12-33-43(8)37(49(41(54)59-43)18-14-13-17-48-22-31(46-23-48)29-21-45-16-15-30(29)44)26(4)34(50)24(2)20-42(7,55-11)38(27(5)35(51)28(6)39(53)57-33)58-40-36(52)32(47(9)10)19-25(3)56-40/h15-16,21-28,32-33,36-38,40,52H,12-14,17-20H2,1-11H3/t24-,25-,26-,27+,28-,32+,33+,36-,37-,38?,40?,42+,43-/m1/s1. The van der Waals surface area contributed by atoms with Crippen LogP contribution in [0.3, 0.4) is 0 Å². The van der Waals surface area contributed by atoms with Crippen molar-refractivity contribution in [2.24, 2.45) is 23.7 Å². The monoisotopic (exact) mass is 845 g/mol. The normalized spacial score (nSPS) is 36.3. The van der Waals surface area contributed by atoms with Crippen LogP contribution in [0.4, 0.5) is 4.79 Å². The summed E-state index contributed by atoms with van der Waals surface area (Å²) in [4.78, 5) is 69.0. The first-order valence-electron chi connectivity index (χ1n) is 20.9. The number of fused-ring (bicyclic) bond motifs is 1. The Morgan fingerprint density at radius 3 is 2.37 bits per heavy atom. The highest BCUT2D eigenvalue weighted by Gasteiger charge is 2.60. The van der Waals surface area contributed by atoms with Gasteiger partial charge in [-0.25, -0.2) is 9.78 Å². The number of Topliss-reactive ketones (excluding diaryl/α,β-unsaturated/α-hetero) is 2. The molecule has 16 heteroatoms. The molecule has 1 N–H and O–H groups in total. The van der Waals surface area contributed by atoms with E-state index >= 15 is 0 Å². The lowest BCUT2D eigenvalue weighted by Gasteiger charge is -2.47. The Kier molecular flexibility index (Phi) is 15.1. The van der Waals surface area contributed by atoms with E-state index in [1.807, 2.05) is 43.6 Å². The number of halogens is 1. The Bertz CT molecular complexity index is 1810. The molecule has 59 heavy (non-hydrogen) atoms. The smallest absolute Gasteiger partial charge is 0.410 e. The number of amides is 1. The third kappa shape index (κ3) is 9.70. The maximum Gasteiger partial charge on any atom is 0.410 e. The van der Waals surface area contributed by atoms with Gasteiger partial charge >= 0.3 is 12.1 Å². The van der Waals surface area contributed by atoms with Gasteiger partial charge in [-0.3, -0.25) is 19.4 Å². The van der Waals surface area contributed by atoms with E-state index in [2.05, 4.69) is 9.97 Å². The van der Waals surface area contributed by atoms with Crippen LogP contribution in [0.15, 0.2) is 31.0 Å². The Balaban J connectivity index is 1.43. The zero-order valence-electron chi connectivity index (χ0n) is 36.4. The molecule has 5 rings (SSSR count). The van der Waals surface area contributed by atoms with Gasteiger partial charge in [0.15, 0.2) is 17.7 Å². The molecule has 2 aromatic rings. The van der Waals surface area contributed by atoms with Gasteiger partial charge < -0.3 is 43.2 Å². The van der Waals surface area contributed by atoms with Crippen LogP contribution < -0.4 is 0 Å². The second kappa shape index (κ2) is 19.1. The van der Waals surface area contributed by atoms with Gasteiger partial charge in [-0.1, -0.05) is 39.3 Å². The number of ketones is 2. The van der Waals surface area contributed by atoms with E-state index in [1.54, 1.807) is 64.3 Å². The predicted molar refractivity (Wildman–Crippen MR) is 219 cm³/mol. The number of methoxy groups -OCH3 is 1. The van der Waals surface area contributed by atoms with Crippen LogP contribution in [0.25, 0.3) is 11.3 Å². The number of imidazole rings is 1. The third-order valence-electron chi connectivity index (χ3n) is 12.9. The summed E-state index contributed by atoms with van der Waals surface area (Å²) < 4.78 is 33.2. The second-order valence-electron chi connectivity index (χ2n) is 17.4. The number of cyclic esters (lactones) is 1. The van der Waals surface area contributed by atoms with Crippen molar-refractivity contribution in [2.75, 3.05) is 27.7 Å². The third-order valence-corrected chi connectivity index (χ3v) is 13.2. The van der Waals surface area contributed by atoms with Crippen LogP contribution in [-0.4, -0.2) is 135 Å². The van der Waals surface area contributed by atoms with Gasteiger partial charge in [0.05, 0.1) is 40.9 Å². The Labute approximate surface area is 353 Å². The van der Waals surface area contributed by atoms with E-state index in [0.29, 0.717) is 36.5 Å². The van der Waals surface area contributed by atoms with Crippen LogP contribution in [-0.2, 0) is 44.6 Å². The van der Waals surface area contributed by atoms with Crippen molar-refractivity contribution < 1.29 is 48.0 Å². The predicted octanol–water partition coefficient (Wildman–Crippen LogP) is 5.58. The van der Waals surface area contributed by atoms with Crippen molar-refractivity contribution >= 4 is 35.2 Å². The van der Waals surface area contributed by atoms with Crippen molar-refractivity contribution in [2.45, 2.75) is 148 Å². The molecule has 3 saturated heterocycles. The number of unbranched alkanes of at least 4 members (excludes halogenated alkanes) is 1. The molecule has 0 spiro atoms. The Morgan fingerprint density at radius 1 is 1.03 bits per heavy atom. The summed E-state index contributed by atoms with van der Waals surface area (Å²) in [7, 11) is 5.23. The average Bonchev–Trinajstić information content (AvgIpc) is 3.77. The van der Waals surface area contributed by atoms with Crippen molar-refractivity contribution in [3.8, 4) is 11.3 Å². The lowest BCUT2D eigenvalue weighted by atomic mass is 9.73. The number of pyridine rings is 1. The molecule has 0 aliphatic carbocycles. The SMILES string of the molecule is CC[C@@H]1OC(=O)[C@H](C)C(=O)[C@H](C)C(OC2O[C@H](C)C[C@H](N(C)C)[C@H]2O)[C@@](C)(OC)C[C@@H](C)C(=O)[C@@H](C)[C@H]2N(CCCCn3cnc(-c4cnccc4Cl)c3)C(=O)O[C@]12C. The number of ether oxygens (including phenoxy) is 5. The van der Waals surface area contributed by atoms with Gasteiger partial charge in [0.1, 0.15) is 23.9 Å². The molecule has 0 bridgehead atoms. The molecule has 5 heterocycles. The molecule has 3 aliphatic heterocycles. The molecule has 3 fully saturated rings. The zero-order valence-corrected chi connectivity index (χ0v) is 37.2. The van der Waals surface area contributed by atoms with Crippen molar-refractivity contribution in [1.29, 1.82) is 0 Å². The summed E-state index contributed by atoms with van der Waals surface area (Å²) in [6.45, 7) is 14.8. The minimum atomic E-state index is -1.42. The molecule has 2 unspecified atom stereocenters. The molecule has 0 saturated carbocycles. The van der Waals surface area contributed by atoms with E-state index in [4.69, 9.17) is 35.3 Å². The fourth-order valence-corrected chi connectivity index (χ4v) is 9.67. The first-order valence-corrected chi connectivity index (χ1v) is 21.2. The summed E-state index contributed by atoms with van der Waals surface area (Å²) in [5, 5.41) is 12.0. The van der Waals surface area contributed by atoms with Crippen LogP contribution in [0.1, 0.15) is 87.5 Å². The second-order valence-corrected chi connectivity index (χ2v) is 17.8. The van der Waals surface area contributed by atoms with Crippen LogP contribution in [0.2, 0.25) is 5.02 Å².